The molecule has 1 amide bonds. The quantitative estimate of drug-likeness (QED) is 0.616. The Kier molecular flexibility index (Phi) is 6.46. The zero-order chi connectivity index (χ0) is 20.9. The third-order valence-corrected chi connectivity index (χ3v) is 6.56. The fourth-order valence-corrected chi connectivity index (χ4v) is 4.50. The molecule has 3 rings (SSSR count). The molecule has 0 aliphatic rings. The predicted molar refractivity (Wildman–Crippen MR) is 112 cm³/mol. The number of rotatable bonds is 8. The van der Waals surface area contributed by atoms with Crippen molar-refractivity contribution in [3.8, 4) is 0 Å². The van der Waals surface area contributed by atoms with Crippen LogP contribution in [-0.2, 0) is 16.6 Å². The average molecular weight is 413 g/mol. The fourth-order valence-electron chi connectivity index (χ4n) is 3.00. The van der Waals surface area contributed by atoms with E-state index in [0.717, 1.165) is 5.56 Å². The molecule has 2 aromatic carbocycles. The van der Waals surface area contributed by atoms with Crippen molar-refractivity contribution < 1.29 is 13.2 Å². The van der Waals surface area contributed by atoms with Gasteiger partial charge in [0.05, 0.1) is 23.3 Å². The first kappa shape index (κ1) is 20.8. The molecular weight excluding hydrogens is 388 g/mol. The summed E-state index contributed by atoms with van der Waals surface area (Å²) in [6.45, 7) is 4.90. The van der Waals surface area contributed by atoms with E-state index in [0.29, 0.717) is 25.3 Å². The molecule has 0 aliphatic carbocycles. The van der Waals surface area contributed by atoms with Crippen molar-refractivity contribution in [1.29, 1.82) is 0 Å². The van der Waals surface area contributed by atoms with Crippen molar-refractivity contribution in [1.82, 2.24) is 14.1 Å². The van der Waals surface area contributed by atoms with Crippen LogP contribution in [0.5, 0.6) is 0 Å². The van der Waals surface area contributed by atoms with Gasteiger partial charge in [0.15, 0.2) is 0 Å². The first-order valence-electron chi connectivity index (χ1n) is 9.42. The van der Waals surface area contributed by atoms with Crippen LogP contribution in [0, 0.1) is 0 Å². The third kappa shape index (κ3) is 4.90. The van der Waals surface area contributed by atoms with E-state index >= 15 is 0 Å². The number of carbonyl (C=O) groups is 1. The number of nitrogens with zero attached hydrogens (tertiary/aromatic N) is 3. The Morgan fingerprint density at radius 2 is 1.79 bits per heavy atom. The number of amides is 1. The van der Waals surface area contributed by atoms with Gasteiger partial charge in [-0.1, -0.05) is 50.2 Å². The molecular formula is C21H24N4O3S. The molecule has 0 bridgehead atoms. The van der Waals surface area contributed by atoms with Gasteiger partial charge in [-0.05, 0) is 23.8 Å². The van der Waals surface area contributed by atoms with Crippen molar-refractivity contribution in [2.45, 2.75) is 25.3 Å². The van der Waals surface area contributed by atoms with Crippen LogP contribution in [-0.4, -0.2) is 41.5 Å². The molecule has 1 N–H and O–H groups in total. The minimum Gasteiger partial charge on any atom is -0.319 e. The molecule has 0 atom stereocenters. The molecule has 8 heteroatoms. The maximum atomic E-state index is 12.7. The van der Waals surface area contributed by atoms with E-state index in [1.54, 1.807) is 43.1 Å². The van der Waals surface area contributed by atoms with Crippen LogP contribution in [0.25, 0.3) is 0 Å². The van der Waals surface area contributed by atoms with Crippen molar-refractivity contribution in [2.24, 2.45) is 0 Å². The molecule has 0 aliphatic heterocycles. The van der Waals surface area contributed by atoms with Crippen LogP contribution in [0.2, 0.25) is 0 Å². The van der Waals surface area contributed by atoms with Crippen LogP contribution < -0.4 is 5.32 Å². The molecule has 1 aromatic heterocycles. The Balaban J connectivity index is 1.73. The van der Waals surface area contributed by atoms with E-state index < -0.39 is 10.0 Å². The van der Waals surface area contributed by atoms with Gasteiger partial charge >= 0.3 is 0 Å². The Bertz CT molecular complexity index is 1070. The average Bonchev–Trinajstić information content (AvgIpc) is 3.16. The SMILES string of the molecule is CCN(CC)S(=O)(=O)c1cccc(C(=O)Nc2cnn(Cc3ccccc3)c2)c1. The van der Waals surface area contributed by atoms with Gasteiger partial charge in [0, 0.05) is 24.8 Å². The van der Waals surface area contributed by atoms with Crippen molar-refractivity contribution in [3.63, 3.8) is 0 Å². The lowest BCUT2D eigenvalue weighted by Crippen LogP contribution is -2.30. The number of carbonyl (C=O) groups excluding carboxylic acids is 1. The lowest BCUT2D eigenvalue weighted by Gasteiger charge is -2.18. The maximum Gasteiger partial charge on any atom is 0.255 e. The summed E-state index contributed by atoms with van der Waals surface area (Å²) in [4.78, 5) is 12.7. The zero-order valence-corrected chi connectivity index (χ0v) is 17.3. The van der Waals surface area contributed by atoms with E-state index in [1.807, 2.05) is 30.3 Å². The molecule has 0 saturated carbocycles. The van der Waals surface area contributed by atoms with Gasteiger partial charge in [-0.3, -0.25) is 9.48 Å². The standard InChI is InChI=1S/C21H24N4O3S/c1-3-25(4-2)29(27,28)20-12-8-11-18(13-20)21(26)23-19-14-22-24(16-19)15-17-9-6-5-7-10-17/h5-14,16H,3-4,15H2,1-2H3,(H,23,26). The monoisotopic (exact) mass is 412 g/mol. The minimum absolute atomic E-state index is 0.105. The molecule has 152 valence electrons. The van der Waals surface area contributed by atoms with Gasteiger partial charge in [0.25, 0.3) is 5.91 Å². The van der Waals surface area contributed by atoms with Gasteiger partial charge < -0.3 is 5.32 Å². The summed E-state index contributed by atoms with van der Waals surface area (Å²) in [7, 11) is -3.62. The van der Waals surface area contributed by atoms with E-state index in [9.17, 15) is 13.2 Å². The van der Waals surface area contributed by atoms with E-state index in [-0.39, 0.29) is 16.4 Å². The molecule has 29 heavy (non-hydrogen) atoms. The molecule has 1 heterocycles. The number of hydrogen-bond donors (Lipinski definition) is 1. The summed E-state index contributed by atoms with van der Waals surface area (Å²) < 4.78 is 28.5. The van der Waals surface area contributed by atoms with Gasteiger partial charge in [-0.15, -0.1) is 0 Å². The number of sulfonamides is 1. The largest absolute Gasteiger partial charge is 0.319 e. The smallest absolute Gasteiger partial charge is 0.255 e. The van der Waals surface area contributed by atoms with Gasteiger partial charge in [-0.25, -0.2) is 8.42 Å². The maximum absolute atomic E-state index is 12.7. The normalized spacial score (nSPS) is 11.6. The first-order chi connectivity index (χ1) is 13.9. The van der Waals surface area contributed by atoms with Crippen LogP contribution in [0.15, 0.2) is 71.9 Å². The zero-order valence-electron chi connectivity index (χ0n) is 16.4. The van der Waals surface area contributed by atoms with E-state index in [1.165, 1.54) is 16.4 Å². The summed E-state index contributed by atoms with van der Waals surface area (Å²) in [5.74, 6) is -0.388. The highest BCUT2D eigenvalue weighted by atomic mass is 32.2. The Morgan fingerprint density at radius 1 is 1.07 bits per heavy atom. The van der Waals surface area contributed by atoms with Crippen molar-refractivity contribution >= 4 is 21.6 Å². The highest BCUT2D eigenvalue weighted by molar-refractivity contribution is 7.89. The van der Waals surface area contributed by atoms with E-state index in [4.69, 9.17) is 0 Å². The van der Waals surface area contributed by atoms with Crippen LogP contribution in [0.4, 0.5) is 5.69 Å². The summed E-state index contributed by atoms with van der Waals surface area (Å²) in [6.07, 6.45) is 3.30. The van der Waals surface area contributed by atoms with Gasteiger partial charge in [0.1, 0.15) is 0 Å². The summed E-state index contributed by atoms with van der Waals surface area (Å²) in [5, 5.41) is 7.03. The van der Waals surface area contributed by atoms with E-state index in [2.05, 4.69) is 10.4 Å². The highest BCUT2D eigenvalue weighted by Crippen LogP contribution is 2.18. The molecule has 0 unspecified atom stereocenters. The van der Waals surface area contributed by atoms with Crippen molar-refractivity contribution in [2.75, 3.05) is 18.4 Å². The lowest BCUT2D eigenvalue weighted by atomic mass is 10.2. The molecule has 0 saturated heterocycles. The molecule has 3 aromatic rings. The first-order valence-corrected chi connectivity index (χ1v) is 10.9. The second kappa shape index (κ2) is 9.02. The Morgan fingerprint density at radius 3 is 2.48 bits per heavy atom. The number of anilines is 1. The number of hydrogen-bond acceptors (Lipinski definition) is 4. The van der Waals surface area contributed by atoms with Crippen molar-refractivity contribution in [3.05, 3.63) is 78.1 Å². The summed E-state index contributed by atoms with van der Waals surface area (Å²) in [5.41, 5.74) is 1.92. The Hall–Kier alpha value is -2.97. The third-order valence-electron chi connectivity index (χ3n) is 4.52. The van der Waals surface area contributed by atoms with Gasteiger partial charge in [0.2, 0.25) is 10.0 Å². The number of nitrogens with one attached hydrogen (secondary N) is 1. The fraction of sp³-hybridized carbons (Fsp3) is 0.238. The van der Waals surface area contributed by atoms with Crippen LogP contribution >= 0.6 is 0 Å². The molecule has 0 radical (unpaired) electrons. The topological polar surface area (TPSA) is 84.3 Å². The predicted octanol–water partition coefficient (Wildman–Crippen LogP) is 3.21. The second-order valence-corrected chi connectivity index (χ2v) is 8.42. The number of benzene rings is 2. The van der Waals surface area contributed by atoms with Gasteiger partial charge in [-0.2, -0.15) is 9.40 Å². The Labute approximate surface area is 171 Å². The summed E-state index contributed by atoms with van der Waals surface area (Å²) in [6, 6.07) is 15.9. The molecule has 0 spiro atoms. The summed E-state index contributed by atoms with van der Waals surface area (Å²) >= 11 is 0. The second-order valence-electron chi connectivity index (χ2n) is 6.48. The number of aromatic nitrogens is 2. The minimum atomic E-state index is -3.62. The van der Waals surface area contributed by atoms with Crippen LogP contribution in [0.1, 0.15) is 29.8 Å². The highest BCUT2D eigenvalue weighted by Gasteiger charge is 2.22. The molecule has 7 nitrogen and oxygen atoms in total. The molecule has 0 fully saturated rings. The van der Waals surface area contributed by atoms with Crippen LogP contribution in [0.3, 0.4) is 0 Å². The lowest BCUT2D eigenvalue weighted by molar-refractivity contribution is 0.102.